The Bertz CT molecular complexity index is 912. The number of carbonyl (C=O) groups is 1. The topological polar surface area (TPSA) is 75.6 Å². The Labute approximate surface area is 150 Å². The normalized spacial score (nSPS) is 16.5. The Morgan fingerprint density at radius 3 is 2.96 bits per heavy atom. The van der Waals surface area contributed by atoms with Gasteiger partial charge in [-0.1, -0.05) is 23.7 Å². The minimum Gasteiger partial charge on any atom is -0.335 e. The molecule has 3 aromatic rings. The van der Waals surface area contributed by atoms with E-state index in [1.54, 1.807) is 6.20 Å². The fraction of sp³-hybridized carbons (Fsp3) is 0.278. The zero-order chi connectivity index (χ0) is 17.4. The van der Waals surface area contributed by atoms with E-state index >= 15 is 0 Å². The third-order valence-corrected chi connectivity index (χ3v) is 4.89. The maximum atomic E-state index is 12.7. The Morgan fingerprint density at radius 2 is 2.16 bits per heavy atom. The molecule has 0 bridgehead atoms. The molecule has 0 spiro atoms. The molecule has 7 heteroatoms. The van der Waals surface area contributed by atoms with Crippen LogP contribution in [-0.2, 0) is 17.8 Å². The highest BCUT2D eigenvalue weighted by molar-refractivity contribution is 6.30. The largest absolute Gasteiger partial charge is 0.335 e. The summed E-state index contributed by atoms with van der Waals surface area (Å²) in [5.41, 5.74) is 2.75. The Kier molecular flexibility index (Phi) is 4.05. The smallest absolute Gasteiger partial charge is 0.229 e. The van der Waals surface area contributed by atoms with Crippen molar-refractivity contribution < 1.29 is 4.79 Å². The van der Waals surface area contributed by atoms with Gasteiger partial charge in [0.25, 0.3) is 0 Å². The van der Waals surface area contributed by atoms with Gasteiger partial charge in [-0.2, -0.15) is 5.10 Å². The summed E-state index contributed by atoms with van der Waals surface area (Å²) in [5.74, 6) is 1.40. The van der Waals surface area contributed by atoms with Gasteiger partial charge in [0.15, 0.2) is 5.82 Å². The summed E-state index contributed by atoms with van der Waals surface area (Å²) in [5, 5.41) is 10.9. The average Bonchev–Trinajstić information content (AvgIpc) is 3.22. The molecular weight excluding hydrogens is 338 g/mol. The summed E-state index contributed by atoms with van der Waals surface area (Å²) < 4.78 is 2.10. The molecule has 25 heavy (non-hydrogen) atoms. The monoisotopic (exact) mass is 355 g/mol. The van der Waals surface area contributed by atoms with Crippen molar-refractivity contribution in [1.82, 2.24) is 19.7 Å². The molecular formula is C18H18ClN5O. The predicted molar refractivity (Wildman–Crippen MR) is 96.4 cm³/mol. The van der Waals surface area contributed by atoms with Crippen molar-refractivity contribution in [3.8, 4) is 11.1 Å². The quantitative estimate of drug-likeness (QED) is 0.755. The van der Waals surface area contributed by atoms with Crippen LogP contribution in [0.15, 0.2) is 36.7 Å². The van der Waals surface area contributed by atoms with E-state index in [1.807, 2.05) is 37.4 Å². The van der Waals surface area contributed by atoms with Gasteiger partial charge >= 0.3 is 0 Å². The van der Waals surface area contributed by atoms with Crippen molar-refractivity contribution in [2.24, 2.45) is 5.92 Å². The lowest BCUT2D eigenvalue weighted by atomic mass is 9.96. The highest BCUT2D eigenvalue weighted by Crippen LogP contribution is 2.31. The number of H-pyrrole nitrogens is 1. The van der Waals surface area contributed by atoms with Gasteiger partial charge in [-0.3, -0.25) is 9.89 Å². The van der Waals surface area contributed by atoms with Gasteiger partial charge in [-0.15, -0.1) is 0 Å². The van der Waals surface area contributed by atoms with Crippen molar-refractivity contribution >= 4 is 23.3 Å². The molecule has 0 saturated carbocycles. The van der Waals surface area contributed by atoms with Gasteiger partial charge in [-0.05, 0) is 31.0 Å². The second-order valence-corrected chi connectivity index (χ2v) is 6.73. The van der Waals surface area contributed by atoms with Gasteiger partial charge in [-0.25, -0.2) is 4.98 Å². The number of anilines is 1. The first kappa shape index (κ1) is 15.9. The number of hydrogen-bond acceptors (Lipinski definition) is 3. The number of benzene rings is 1. The fourth-order valence-corrected chi connectivity index (χ4v) is 3.41. The number of nitrogens with one attached hydrogen (secondary N) is 2. The van der Waals surface area contributed by atoms with E-state index in [0.717, 1.165) is 35.6 Å². The van der Waals surface area contributed by atoms with E-state index in [2.05, 4.69) is 25.1 Å². The van der Waals surface area contributed by atoms with Gasteiger partial charge in [0.05, 0.1) is 0 Å². The highest BCUT2D eigenvalue weighted by Gasteiger charge is 2.26. The molecule has 4 rings (SSSR count). The van der Waals surface area contributed by atoms with Crippen LogP contribution in [0.1, 0.15) is 17.9 Å². The number of halogens is 1. The van der Waals surface area contributed by atoms with Crippen LogP contribution in [0.2, 0.25) is 5.02 Å². The van der Waals surface area contributed by atoms with E-state index < -0.39 is 0 Å². The first-order chi connectivity index (χ1) is 12.1. The van der Waals surface area contributed by atoms with Crippen molar-refractivity contribution in [3.05, 3.63) is 53.2 Å². The summed E-state index contributed by atoms with van der Waals surface area (Å²) in [6.45, 7) is 2.75. The van der Waals surface area contributed by atoms with Gasteiger partial charge < -0.3 is 9.88 Å². The SMILES string of the molecule is Cc1[nH]nc(NC(=O)C2CCn3ccnc3C2)c1-c1ccc(Cl)cc1. The maximum absolute atomic E-state index is 12.7. The second-order valence-electron chi connectivity index (χ2n) is 6.29. The van der Waals surface area contributed by atoms with Crippen LogP contribution in [0, 0.1) is 12.8 Å². The number of nitrogens with zero attached hydrogens (tertiary/aromatic N) is 3. The van der Waals surface area contributed by atoms with Gasteiger partial charge in [0, 0.05) is 47.6 Å². The third-order valence-electron chi connectivity index (χ3n) is 4.64. The fourth-order valence-electron chi connectivity index (χ4n) is 3.28. The second kappa shape index (κ2) is 6.37. The summed E-state index contributed by atoms with van der Waals surface area (Å²) in [4.78, 5) is 17.0. The Balaban J connectivity index is 1.55. The molecule has 1 aliphatic heterocycles. The zero-order valence-corrected chi connectivity index (χ0v) is 14.5. The molecule has 0 saturated heterocycles. The molecule has 128 valence electrons. The molecule has 2 aromatic heterocycles. The molecule has 6 nitrogen and oxygen atoms in total. The maximum Gasteiger partial charge on any atom is 0.229 e. The van der Waals surface area contributed by atoms with Gasteiger partial charge in [0.1, 0.15) is 5.82 Å². The van der Waals surface area contributed by atoms with Crippen LogP contribution >= 0.6 is 11.6 Å². The van der Waals surface area contributed by atoms with Crippen molar-refractivity contribution in [2.45, 2.75) is 26.3 Å². The van der Waals surface area contributed by atoms with E-state index in [0.29, 0.717) is 17.3 Å². The summed E-state index contributed by atoms with van der Waals surface area (Å²) in [7, 11) is 0. The summed E-state index contributed by atoms with van der Waals surface area (Å²) in [6.07, 6.45) is 5.19. The molecule has 1 aromatic carbocycles. The summed E-state index contributed by atoms with van der Waals surface area (Å²) in [6, 6.07) is 7.51. The van der Waals surface area contributed by atoms with E-state index in [-0.39, 0.29) is 11.8 Å². The number of aromatic nitrogens is 4. The lowest BCUT2D eigenvalue weighted by molar-refractivity contribution is -0.120. The number of carbonyl (C=O) groups excluding carboxylic acids is 1. The number of fused-ring (bicyclic) bond motifs is 1. The molecule has 3 heterocycles. The Morgan fingerprint density at radius 1 is 1.36 bits per heavy atom. The van der Waals surface area contributed by atoms with Gasteiger partial charge in [0.2, 0.25) is 5.91 Å². The molecule has 1 amide bonds. The first-order valence-electron chi connectivity index (χ1n) is 8.23. The standard InChI is InChI=1S/C18H18ClN5O/c1-11-16(12-2-4-14(19)5-3-12)17(23-22-11)21-18(25)13-6-8-24-9-7-20-15(24)10-13/h2-5,7,9,13H,6,8,10H2,1H3,(H2,21,22,23,25). The van der Waals surface area contributed by atoms with E-state index in [4.69, 9.17) is 11.6 Å². The van der Waals surface area contributed by atoms with Crippen molar-refractivity contribution in [3.63, 3.8) is 0 Å². The number of aromatic amines is 1. The number of amides is 1. The number of aryl methyl sites for hydroxylation is 2. The molecule has 1 unspecified atom stereocenters. The number of rotatable bonds is 3. The molecule has 2 N–H and O–H groups in total. The van der Waals surface area contributed by atoms with Crippen LogP contribution in [0.3, 0.4) is 0 Å². The van der Waals surface area contributed by atoms with E-state index in [1.165, 1.54) is 0 Å². The molecule has 0 radical (unpaired) electrons. The van der Waals surface area contributed by atoms with Crippen LogP contribution in [0.5, 0.6) is 0 Å². The minimum absolute atomic E-state index is 0.0176. The highest BCUT2D eigenvalue weighted by atomic mass is 35.5. The predicted octanol–water partition coefficient (Wildman–Crippen LogP) is 3.44. The minimum atomic E-state index is -0.0926. The third kappa shape index (κ3) is 3.05. The number of imidazole rings is 1. The molecule has 1 atom stereocenters. The van der Waals surface area contributed by atoms with Crippen LogP contribution in [-0.4, -0.2) is 25.7 Å². The van der Waals surface area contributed by atoms with E-state index in [9.17, 15) is 4.79 Å². The first-order valence-corrected chi connectivity index (χ1v) is 8.61. The summed E-state index contributed by atoms with van der Waals surface area (Å²) >= 11 is 5.97. The van der Waals surface area contributed by atoms with Crippen LogP contribution in [0.25, 0.3) is 11.1 Å². The molecule has 0 aliphatic carbocycles. The number of hydrogen-bond donors (Lipinski definition) is 2. The molecule has 1 aliphatic rings. The zero-order valence-electron chi connectivity index (χ0n) is 13.8. The lowest BCUT2D eigenvalue weighted by Gasteiger charge is -2.22. The van der Waals surface area contributed by atoms with Crippen molar-refractivity contribution in [2.75, 3.05) is 5.32 Å². The Hall–Kier alpha value is -2.60. The van der Waals surface area contributed by atoms with Crippen molar-refractivity contribution in [1.29, 1.82) is 0 Å². The van der Waals surface area contributed by atoms with Crippen LogP contribution < -0.4 is 5.32 Å². The van der Waals surface area contributed by atoms with Crippen LogP contribution in [0.4, 0.5) is 5.82 Å². The lowest BCUT2D eigenvalue weighted by Crippen LogP contribution is -2.30. The average molecular weight is 356 g/mol. The molecule has 0 fully saturated rings.